The molecule has 90 valence electrons. The molecule has 2 N–H and O–H groups in total. The highest BCUT2D eigenvalue weighted by molar-refractivity contribution is 6.29. The smallest absolute Gasteiger partial charge is 0.408 e. The molecule has 6 nitrogen and oxygen atoms in total. The van der Waals surface area contributed by atoms with Crippen LogP contribution < -0.4 is 5.32 Å². The van der Waals surface area contributed by atoms with Gasteiger partial charge in [-0.15, -0.1) is 0 Å². The van der Waals surface area contributed by atoms with Crippen molar-refractivity contribution in [2.45, 2.75) is 6.04 Å². The number of halogens is 1. The van der Waals surface area contributed by atoms with Crippen LogP contribution in [0.3, 0.4) is 0 Å². The largest absolute Gasteiger partial charge is 0.465 e. The number of aromatic nitrogens is 1. The Labute approximate surface area is 102 Å². The number of nitrogens with one attached hydrogen (secondary N) is 1. The van der Waals surface area contributed by atoms with Gasteiger partial charge in [-0.1, -0.05) is 17.7 Å². The minimum absolute atomic E-state index is 0.258. The Morgan fingerprint density at radius 2 is 2.35 bits per heavy atom. The lowest BCUT2D eigenvalue weighted by atomic mass is 10.1. The van der Waals surface area contributed by atoms with Crippen LogP contribution in [0.2, 0.25) is 5.15 Å². The van der Waals surface area contributed by atoms with Crippen LogP contribution in [0.4, 0.5) is 4.79 Å². The zero-order valence-corrected chi connectivity index (χ0v) is 9.52. The summed E-state index contributed by atoms with van der Waals surface area (Å²) >= 11 is 5.64. The summed E-state index contributed by atoms with van der Waals surface area (Å²) in [5.74, 6) is -0.345. The summed E-state index contributed by atoms with van der Waals surface area (Å²) in [5, 5.41) is 12.0. The predicted molar refractivity (Wildman–Crippen MR) is 59.7 cm³/mol. The second-order valence-corrected chi connectivity index (χ2v) is 3.97. The minimum Gasteiger partial charge on any atom is -0.465 e. The van der Waals surface area contributed by atoms with E-state index < -0.39 is 12.1 Å². The Bertz CT molecular complexity index is 449. The van der Waals surface area contributed by atoms with Crippen LogP contribution in [0.15, 0.2) is 18.3 Å². The van der Waals surface area contributed by atoms with E-state index in [9.17, 15) is 9.59 Å². The van der Waals surface area contributed by atoms with Crippen LogP contribution in [-0.2, 0) is 4.79 Å². The highest BCUT2D eigenvalue weighted by atomic mass is 35.5. The van der Waals surface area contributed by atoms with Gasteiger partial charge in [0.25, 0.3) is 0 Å². The molecule has 0 aromatic carbocycles. The molecule has 1 aromatic rings. The molecule has 0 spiro atoms. The van der Waals surface area contributed by atoms with E-state index in [0.29, 0.717) is 17.3 Å². The van der Waals surface area contributed by atoms with Gasteiger partial charge in [-0.05, 0) is 6.07 Å². The maximum absolute atomic E-state index is 11.7. The molecule has 1 atom stereocenters. The minimum atomic E-state index is -1.13. The molecule has 1 aliphatic rings. The molecule has 1 unspecified atom stereocenters. The van der Waals surface area contributed by atoms with Gasteiger partial charge in [-0.25, -0.2) is 9.78 Å². The Balaban J connectivity index is 2.34. The lowest BCUT2D eigenvalue weighted by molar-refractivity contribution is -0.128. The molecule has 17 heavy (non-hydrogen) atoms. The monoisotopic (exact) mass is 255 g/mol. The van der Waals surface area contributed by atoms with Crippen LogP contribution in [0, 0.1) is 0 Å². The number of hydrogen-bond acceptors (Lipinski definition) is 3. The molecule has 2 heterocycles. The third-order valence-electron chi connectivity index (χ3n) is 2.52. The summed E-state index contributed by atoms with van der Waals surface area (Å²) in [6.07, 6.45) is 0.285. The SMILES string of the molecule is O=C1NCCN(C(=O)O)C1c1ccc(Cl)nc1. The Morgan fingerprint density at radius 3 is 2.94 bits per heavy atom. The van der Waals surface area contributed by atoms with E-state index in [1.807, 2.05) is 0 Å². The van der Waals surface area contributed by atoms with Gasteiger partial charge < -0.3 is 10.4 Å². The Kier molecular flexibility index (Phi) is 3.14. The Hall–Kier alpha value is -1.82. The van der Waals surface area contributed by atoms with Crippen molar-refractivity contribution in [3.05, 3.63) is 29.0 Å². The molecule has 1 aliphatic heterocycles. The van der Waals surface area contributed by atoms with E-state index in [4.69, 9.17) is 16.7 Å². The predicted octanol–water partition coefficient (Wildman–Crippen LogP) is 0.886. The van der Waals surface area contributed by atoms with E-state index in [1.54, 1.807) is 6.07 Å². The van der Waals surface area contributed by atoms with Crippen LogP contribution in [0.1, 0.15) is 11.6 Å². The van der Waals surface area contributed by atoms with Gasteiger partial charge in [-0.2, -0.15) is 0 Å². The summed E-state index contributed by atoms with van der Waals surface area (Å²) in [7, 11) is 0. The zero-order valence-electron chi connectivity index (χ0n) is 8.76. The highest BCUT2D eigenvalue weighted by Gasteiger charge is 2.34. The molecule has 2 amide bonds. The number of nitrogens with zero attached hydrogens (tertiary/aromatic N) is 2. The lowest BCUT2D eigenvalue weighted by Gasteiger charge is -2.32. The lowest BCUT2D eigenvalue weighted by Crippen LogP contribution is -2.51. The molecule has 2 rings (SSSR count). The summed E-state index contributed by atoms with van der Waals surface area (Å²) in [5.41, 5.74) is 0.508. The number of carbonyl (C=O) groups excluding carboxylic acids is 1. The van der Waals surface area contributed by atoms with Crippen molar-refractivity contribution in [3.8, 4) is 0 Å². The van der Waals surface area contributed by atoms with Gasteiger partial charge in [0.05, 0.1) is 0 Å². The van der Waals surface area contributed by atoms with Crippen molar-refractivity contribution in [1.82, 2.24) is 15.2 Å². The molecule has 7 heteroatoms. The van der Waals surface area contributed by atoms with E-state index in [-0.39, 0.29) is 12.5 Å². The summed E-state index contributed by atoms with van der Waals surface area (Å²) in [6.45, 7) is 0.580. The number of amides is 2. The first-order valence-corrected chi connectivity index (χ1v) is 5.36. The molecule has 1 saturated heterocycles. The molecule has 0 bridgehead atoms. The quantitative estimate of drug-likeness (QED) is 0.730. The van der Waals surface area contributed by atoms with Crippen LogP contribution >= 0.6 is 11.6 Å². The summed E-state index contributed by atoms with van der Waals surface area (Å²) < 4.78 is 0. The standard InChI is InChI=1S/C10H10ClN3O3/c11-7-2-1-6(5-13-7)8-9(15)12-3-4-14(8)10(16)17/h1-2,5,8H,3-4H2,(H,12,15)(H,16,17). The van der Waals surface area contributed by atoms with Crippen LogP contribution in [0.25, 0.3) is 0 Å². The first-order valence-electron chi connectivity index (χ1n) is 4.98. The number of pyridine rings is 1. The molecular weight excluding hydrogens is 246 g/mol. The zero-order chi connectivity index (χ0) is 12.4. The topological polar surface area (TPSA) is 82.5 Å². The van der Waals surface area contributed by atoms with Crippen molar-refractivity contribution >= 4 is 23.6 Å². The fourth-order valence-corrected chi connectivity index (χ4v) is 1.87. The molecule has 1 fully saturated rings. The van der Waals surface area contributed by atoms with Crippen molar-refractivity contribution in [2.75, 3.05) is 13.1 Å². The molecular formula is C10H10ClN3O3. The number of hydrogen-bond donors (Lipinski definition) is 2. The average Bonchev–Trinajstić information content (AvgIpc) is 2.30. The third kappa shape index (κ3) is 2.31. The fraction of sp³-hybridized carbons (Fsp3) is 0.300. The first-order chi connectivity index (χ1) is 8.09. The van der Waals surface area contributed by atoms with Gasteiger partial charge in [-0.3, -0.25) is 9.69 Å². The van der Waals surface area contributed by atoms with E-state index in [2.05, 4.69) is 10.3 Å². The molecule has 1 aromatic heterocycles. The van der Waals surface area contributed by atoms with E-state index in [1.165, 1.54) is 12.3 Å². The number of carbonyl (C=O) groups is 2. The molecule has 0 saturated carbocycles. The van der Waals surface area contributed by atoms with Crippen molar-refractivity contribution < 1.29 is 14.7 Å². The number of carboxylic acid groups (broad SMARTS) is 1. The van der Waals surface area contributed by atoms with Gasteiger partial charge in [0, 0.05) is 24.8 Å². The maximum Gasteiger partial charge on any atom is 0.408 e. The average molecular weight is 256 g/mol. The number of rotatable bonds is 1. The maximum atomic E-state index is 11.7. The van der Waals surface area contributed by atoms with Gasteiger partial charge >= 0.3 is 6.09 Å². The van der Waals surface area contributed by atoms with Crippen molar-refractivity contribution in [3.63, 3.8) is 0 Å². The first kappa shape index (κ1) is 11.7. The van der Waals surface area contributed by atoms with Crippen LogP contribution in [0.5, 0.6) is 0 Å². The number of piperazine rings is 1. The normalized spacial score (nSPS) is 19.9. The summed E-state index contributed by atoms with van der Waals surface area (Å²) in [6, 6.07) is 2.27. The summed E-state index contributed by atoms with van der Waals surface area (Å²) in [4.78, 5) is 27.7. The van der Waals surface area contributed by atoms with Crippen molar-refractivity contribution in [1.29, 1.82) is 0 Å². The van der Waals surface area contributed by atoms with Gasteiger partial charge in [0.2, 0.25) is 5.91 Å². The fourth-order valence-electron chi connectivity index (χ4n) is 1.75. The van der Waals surface area contributed by atoms with Crippen molar-refractivity contribution in [2.24, 2.45) is 0 Å². The third-order valence-corrected chi connectivity index (χ3v) is 2.75. The second-order valence-electron chi connectivity index (χ2n) is 3.58. The Morgan fingerprint density at radius 1 is 1.59 bits per heavy atom. The molecule has 0 aliphatic carbocycles. The van der Waals surface area contributed by atoms with E-state index in [0.717, 1.165) is 4.90 Å². The highest BCUT2D eigenvalue weighted by Crippen LogP contribution is 2.23. The molecule has 0 radical (unpaired) electrons. The van der Waals surface area contributed by atoms with Gasteiger partial charge in [0.1, 0.15) is 11.2 Å². The van der Waals surface area contributed by atoms with Crippen LogP contribution in [-0.4, -0.2) is 40.1 Å². The van der Waals surface area contributed by atoms with Gasteiger partial charge in [0.15, 0.2) is 0 Å². The second kappa shape index (κ2) is 4.58. The van der Waals surface area contributed by atoms with E-state index >= 15 is 0 Å².